The molecular formula is C16H32N2. The summed E-state index contributed by atoms with van der Waals surface area (Å²) < 4.78 is 0. The number of hydrogen-bond acceptors (Lipinski definition) is 2. The van der Waals surface area contributed by atoms with Gasteiger partial charge in [0.1, 0.15) is 0 Å². The van der Waals surface area contributed by atoms with Gasteiger partial charge in [-0.3, -0.25) is 0 Å². The van der Waals surface area contributed by atoms with E-state index in [1.165, 1.54) is 58.2 Å². The second-order valence-corrected chi connectivity index (χ2v) is 6.75. The molecule has 2 fully saturated rings. The molecule has 1 saturated carbocycles. The first-order chi connectivity index (χ1) is 8.70. The van der Waals surface area contributed by atoms with E-state index in [1.54, 1.807) is 0 Å². The van der Waals surface area contributed by atoms with E-state index in [0.717, 1.165) is 23.9 Å². The lowest BCUT2D eigenvalue weighted by molar-refractivity contribution is 0.162. The highest BCUT2D eigenvalue weighted by atomic mass is 15.2. The van der Waals surface area contributed by atoms with E-state index in [1.807, 2.05) is 0 Å². The van der Waals surface area contributed by atoms with Crippen LogP contribution in [0, 0.1) is 11.8 Å². The SMILES string of the molecule is CCCNC1CCCCC1CN1CC(C)CC1C. The van der Waals surface area contributed by atoms with Crippen molar-refractivity contribution < 1.29 is 0 Å². The van der Waals surface area contributed by atoms with Crippen molar-refractivity contribution in [3.63, 3.8) is 0 Å². The van der Waals surface area contributed by atoms with E-state index in [4.69, 9.17) is 0 Å². The number of hydrogen-bond donors (Lipinski definition) is 1. The van der Waals surface area contributed by atoms with Crippen LogP contribution in [0.25, 0.3) is 0 Å². The van der Waals surface area contributed by atoms with Crippen LogP contribution < -0.4 is 5.32 Å². The summed E-state index contributed by atoms with van der Waals surface area (Å²) in [6.07, 6.45) is 8.40. The monoisotopic (exact) mass is 252 g/mol. The molecule has 2 nitrogen and oxygen atoms in total. The van der Waals surface area contributed by atoms with Crippen LogP contribution in [-0.4, -0.2) is 36.6 Å². The highest BCUT2D eigenvalue weighted by Crippen LogP contribution is 2.29. The maximum Gasteiger partial charge on any atom is 0.0107 e. The molecule has 0 spiro atoms. The molecule has 1 saturated heterocycles. The summed E-state index contributed by atoms with van der Waals surface area (Å²) in [7, 11) is 0. The summed E-state index contributed by atoms with van der Waals surface area (Å²) in [5.74, 6) is 1.81. The molecular weight excluding hydrogens is 220 g/mol. The molecule has 0 amide bonds. The minimum Gasteiger partial charge on any atom is -0.314 e. The molecule has 2 aliphatic rings. The van der Waals surface area contributed by atoms with Crippen LogP contribution in [0.2, 0.25) is 0 Å². The summed E-state index contributed by atoms with van der Waals surface area (Å²) >= 11 is 0. The highest BCUT2D eigenvalue weighted by molar-refractivity contribution is 4.87. The first-order valence-corrected chi connectivity index (χ1v) is 8.18. The molecule has 18 heavy (non-hydrogen) atoms. The van der Waals surface area contributed by atoms with Crippen LogP contribution in [-0.2, 0) is 0 Å². The molecule has 1 aliphatic heterocycles. The Bertz CT molecular complexity index is 241. The first-order valence-electron chi connectivity index (χ1n) is 8.18. The van der Waals surface area contributed by atoms with Gasteiger partial charge in [0.2, 0.25) is 0 Å². The number of rotatable bonds is 5. The maximum atomic E-state index is 3.79. The second kappa shape index (κ2) is 6.91. The van der Waals surface area contributed by atoms with Crippen molar-refractivity contribution >= 4 is 0 Å². The lowest BCUT2D eigenvalue weighted by Crippen LogP contribution is -2.45. The second-order valence-electron chi connectivity index (χ2n) is 6.75. The van der Waals surface area contributed by atoms with Crippen molar-refractivity contribution in [2.24, 2.45) is 11.8 Å². The Morgan fingerprint density at radius 2 is 1.94 bits per heavy atom. The van der Waals surface area contributed by atoms with Crippen molar-refractivity contribution in [1.29, 1.82) is 0 Å². The van der Waals surface area contributed by atoms with Gasteiger partial charge in [-0.1, -0.05) is 26.7 Å². The van der Waals surface area contributed by atoms with E-state index < -0.39 is 0 Å². The summed E-state index contributed by atoms with van der Waals surface area (Å²) in [4.78, 5) is 2.75. The fourth-order valence-electron chi connectivity index (χ4n) is 3.97. The predicted molar refractivity (Wildman–Crippen MR) is 78.9 cm³/mol. The number of nitrogens with one attached hydrogen (secondary N) is 1. The molecule has 106 valence electrons. The zero-order chi connectivity index (χ0) is 13.0. The average molecular weight is 252 g/mol. The molecule has 0 bridgehead atoms. The standard InChI is InChI=1S/C16H32N2/c1-4-9-17-16-8-6-5-7-15(16)12-18-11-13(2)10-14(18)3/h13-17H,4-12H2,1-3H3. The summed E-state index contributed by atoms with van der Waals surface area (Å²) in [5, 5.41) is 3.79. The molecule has 1 heterocycles. The lowest BCUT2D eigenvalue weighted by Gasteiger charge is -2.36. The molecule has 0 aromatic heterocycles. The third-order valence-electron chi connectivity index (χ3n) is 4.95. The van der Waals surface area contributed by atoms with Gasteiger partial charge in [0.05, 0.1) is 0 Å². The number of nitrogens with zero attached hydrogens (tertiary/aromatic N) is 1. The largest absolute Gasteiger partial charge is 0.314 e. The van der Waals surface area contributed by atoms with Crippen LogP contribution in [0.3, 0.4) is 0 Å². The molecule has 2 rings (SSSR count). The smallest absolute Gasteiger partial charge is 0.0107 e. The third-order valence-corrected chi connectivity index (χ3v) is 4.95. The van der Waals surface area contributed by atoms with Crippen LogP contribution in [0.15, 0.2) is 0 Å². The Kier molecular flexibility index (Phi) is 5.50. The molecule has 0 radical (unpaired) electrons. The minimum absolute atomic E-state index is 0.793. The quantitative estimate of drug-likeness (QED) is 0.808. The highest BCUT2D eigenvalue weighted by Gasteiger charge is 2.31. The Hall–Kier alpha value is -0.0800. The van der Waals surface area contributed by atoms with Gasteiger partial charge >= 0.3 is 0 Å². The van der Waals surface area contributed by atoms with Crippen molar-refractivity contribution in [2.45, 2.75) is 71.4 Å². The van der Waals surface area contributed by atoms with Crippen LogP contribution in [0.4, 0.5) is 0 Å². The third kappa shape index (κ3) is 3.71. The van der Waals surface area contributed by atoms with Gasteiger partial charge < -0.3 is 10.2 Å². The molecule has 0 aromatic rings. The van der Waals surface area contributed by atoms with Gasteiger partial charge in [-0.15, -0.1) is 0 Å². The zero-order valence-electron chi connectivity index (χ0n) is 12.6. The van der Waals surface area contributed by atoms with Crippen molar-refractivity contribution in [3.05, 3.63) is 0 Å². The van der Waals surface area contributed by atoms with Gasteiger partial charge in [0.25, 0.3) is 0 Å². The Morgan fingerprint density at radius 1 is 1.17 bits per heavy atom. The van der Waals surface area contributed by atoms with E-state index in [-0.39, 0.29) is 0 Å². The normalized spacial score (nSPS) is 38.2. The average Bonchev–Trinajstić information content (AvgIpc) is 2.67. The van der Waals surface area contributed by atoms with Crippen LogP contribution in [0.5, 0.6) is 0 Å². The van der Waals surface area contributed by atoms with Crippen LogP contribution in [0.1, 0.15) is 59.3 Å². The predicted octanol–water partition coefficient (Wildman–Crippen LogP) is 3.28. The van der Waals surface area contributed by atoms with Gasteiger partial charge in [-0.2, -0.15) is 0 Å². The maximum absolute atomic E-state index is 3.79. The zero-order valence-corrected chi connectivity index (χ0v) is 12.6. The molecule has 0 aromatic carbocycles. The molecule has 4 unspecified atom stereocenters. The summed E-state index contributed by atoms with van der Waals surface area (Å²) in [6, 6.07) is 1.61. The number of likely N-dealkylation sites (tertiary alicyclic amines) is 1. The fourth-order valence-corrected chi connectivity index (χ4v) is 3.97. The van der Waals surface area contributed by atoms with Crippen molar-refractivity contribution in [3.8, 4) is 0 Å². The Balaban J connectivity index is 1.84. The van der Waals surface area contributed by atoms with Gasteiger partial charge in [0, 0.05) is 25.2 Å². The van der Waals surface area contributed by atoms with Crippen molar-refractivity contribution in [1.82, 2.24) is 10.2 Å². The van der Waals surface area contributed by atoms with Gasteiger partial charge in [0.15, 0.2) is 0 Å². The Labute approximate surface area is 114 Å². The topological polar surface area (TPSA) is 15.3 Å². The van der Waals surface area contributed by atoms with Gasteiger partial charge in [-0.05, 0) is 51.0 Å². The molecule has 4 atom stereocenters. The lowest BCUT2D eigenvalue weighted by atomic mass is 9.84. The first kappa shape index (κ1) is 14.3. The van der Waals surface area contributed by atoms with Gasteiger partial charge in [-0.25, -0.2) is 0 Å². The van der Waals surface area contributed by atoms with E-state index in [9.17, 15) is 0 Å². The van der Waals surface area contributed by atoms with E-state index in [2.05, 4.69) is 31.0 Å². The summed E-state index contributed by atoms with van der Waals surface area (Å²) in [5.41, 5.74) is 0. The molecule has 1 aliphatic carbocycles. The molecule has 2 heteroatoms. The Morgan fingerprint density at radius 3 is 2.61 bits per heavy atom. The van der Waals surface area contributed by atoms with E-state index >= 15 is 0 Å². The summed E-state index contributed by atoms with van der Waals surface area (Å²) in [6.45, 7) is 11.0. The fraction of sp³-hybridized carbons (Fsp3) is 1.00. The molecule has 1 N–H and O–H groups in total. The van der Waals surface area contributed by atoms with Crippen molar-refractivity contribution in [2.75, 3.05) is 19.6 Å². The van der Waals surface area contributed by atoms with E-state index in [0.29, 0.717) is 0 Å². The minimum atomic E-state index is 0.793. The van der Waals surface area contributed by atoms with Crippen LogP contribution >= 0.6 is 0 Å².